The zero-order chi connectivity index (χ0) is 27.1. The number of aromatic nitrogens is 2. The number of ketones is 1. The summed E-state index contributed by atoms with van der Waals surface area (Å²) >= 11 is 27.3. The molecule has 38 heavy (non-hydrogen) atoms. The van der Waals surface area contributed by atoms with Crippen LogP contribution in [0, 0.1) is 6.92 Å². The van der Waals surface area contributed by atoms with Crippen LogP contribution < -0.4 is 4.90 Å². The van der Waals surface area contributed by atoms with Crippen molar-refractivity contribution in [2.75, 3.05) is 4.90 Å². The van der Waals surface area contributed by atoms with Crippen LogP contribution in [-0.4, -0.2) is 27.0 Å². The Morgan fingerprint density at radius 2 is 1.76 bits per heavy atom. The SMILES string of the molecule is Cc1ccc(C(=O)C2=C(O)C(=O)N(c3nnc(SCc4ccc(Cl)cc4Cl)s3)C2c2ccc(Cl)cc2Cl)o1. The number of aliphatic hydroxyl groups excluding tert-OH is 1. The number of hydrogen-bond acceptors (Lipinski definition) is 8. The molecule has 0 aliphatic carbocycles. The van der Waals surface area contributed by atoms with E-state index < -0.39 is 23.5 Å². The highest BCUT2D eigenvalue weighted by Crippen LogP contribution is 2.46. The molecule has 0 bridgehead atoms. The number of nitrogens with zero attached hydrogens (tertiary/aromatic N) is 3. The van der Waals surface area contributed by atoms with Gasteiger partial charge in [0.15, 0.2) is 15.9 Å². The van der Waals surface area contributed by atoms with Crippen LogP contribution in [-0.2, 0) is 10.5 Å². The zero-order valence-corrected chi connectivity index (χ0v) is 23.9. The van der Waals surface area contributed by atoms with Gasteiger partial charge in [0.05, 0.1) is 11.6 Å². The van der Waals surface area contributed by atoms with E-state index >= 15 is 0 Å². The molecule has 0 spiro atoms. The number of carbonyl (C=O) groups excluding carboxylic acids is 2. The molecule has 13 heteroatoms. The number of benzene rings is 2. The molecular weight excluding hydrogens is 612 g/mol. The van der Waals surface area contributed by atoms with Crippen molar-refractivity contribution in [2.24, 2.45) is 0 Å². The van der Waals surface area contributed by atoms with E-state index in [2.05, 4.69) is 10.2 Å². The van der Waals surface area contributed by atoms with Crippen LogP contribution in [0.1, 0.15) is 33.5 Å². The van der Waals surface area contributed by atoms with Crippen molar-refractivity contribution in [3.05, 3.63) is 103 Å². The predicted molar refractivity (Wildman–Crippen MR) is 150 cm³/mol. The second-order valence-corrected chi connectivity index (χ2v) is 12.0. The molecule has 0 saturated carbocycles. The largest absolute Gasteiger partial charge is 0.503 e. The van der Waals surface area contributed by atoms with Gasteiger partial charge in [-0.2, -0.15) is 0 Å². The molecular formula is C25H15Cl4N3O4S2. The summed E-state index contributed by atoms with van der Waals surface area (Å²) in [4.78, 5) is 28.0. The number of amides is 1. The first-order valence-electron chi connectivity index (χ1n) is 10.9. The minimum atomic E-state index is -1.10. The number of carbonyl (C=O) groups is 2. The van der Waals surface area contributed by atoms with Crippen LogP contribution in [0.15, 0.2) is 68.6 Å². The number of anilines is 1. The van der Waals surface area contributed by atoms with Gasteiger partial charge >= 0.3 is 0 Å². The van der Waals surface area contributed by atoms with E-state index in [0.29, 0.717) is 36.5 Å². The summed E-state index contributed by atoms with van der Waals surface area (Å²) in [5.41, 5.74) is 1.03. The van der Waals surface area contributed by atoms with E-state index in [4.69, 9.17) is 50.8 Å². The van der Waals surface area contributed by atoms with E-state index in [0.717, 1.165) is 16.9 Å². The molecule has 1 aliphatic rings. The Kier molecular flexibility index (Phi) is 7.77. The zero-order valence-electron chi connectivity index (χ0n) is 19.2. The van der Waals surface area contributed by atoms with Gasteiger partial charge in [-0.25, -0.2) is 0 Å². The third-order valence-electron chi connectivity index (χ3n) is 5.64. The molecule has 7 nitrogen and oxygen atoms in total. The van der Waals surface area contributed by atoms with Gasteiger partial charge in [-0.1, -0.05) is 81.6 Å². The second kappa shape index (κ2) is 10.9. The third kappa shape index (κ3) is 5.19. The van der Waals surface area contributed by atoms with Crippen molar-refractivity contribution in [1.29, 1.82) is 0 Å². The fraction of sp³-hybridized carbons (Fsp3) is 0.120. The summed E-state index contributed by atoms with van der Waals surface area (Å²) in [5.74, 6) is -1.24. The van der Waals surface area contributed by atoms with Gasteiger partial charge in [-0.3, -0.25) is 14.5 Å². The monoisotopic (exact) mass is 625 g/mol. The van der Waals surface area contributed by atoms with Gasteiger partial charge in [0.1, 0.15) is 5.76 Å². The Labute approximate surface area is 245 Å². The molecule has 5 rings (SSSR count). The molecule has 2 aromatic carbocycles. The first kappa shape index (κ1) is 27.1. The summed E-state index contributed by atoms with van der Waals surface area (Å²) < 4.78 is 6.03. The number of rotatable bonds is 7. The Hall–Kier alpha value is -2.53. The van der Waals surface area contributed by atoms with Crippen LogP contribution in [0.4, 0.5) is 5.13 Å². The normalized spacial score (nSPS) is 15.6. The summed E-state index contributed by atoms with van der Waals surface area (Å²) in [6.07, 6.45) is 0. The predicted octanol–water partition coefficient (Wildman–Crippen LogP) is 8.13. The molecule has 1 amide bonds. The number of aryl methyl sites for hydroxylation is 1. The maximum Gasteiger partial charge on any atom is 0.296 e. The number of halogens is 4. The average Bonchev–Trinajstić information content (AvgIpc) is 3.57. The van der Waals surface area contributed by atoms with E-state index in [-0.39, 0.29) is 21.5 Å². The molecule has 0 saturated heterocycles. The average molecular weight is 627 g/mol. The topological polar surface area (TPSA) is 96.5 Å². The van der Waals surface area contributed by atoms with E-state index in [1.54, 1.807) is 37.3 Å². The Balaban J connectivity index is 1.51. The fourth-order valence-corrected chi connectivity index (χ4v) is 6.82. The van der Waals surface area contributed by atoms with E-state index in [9.17, 15) is 14.7 Å². The van der Waals surface area contributed by atoms with Crippen LogP contribution >= 0.6 is 69.5 Å². The standard InChI is InChI=1S/C25H15Cl4N3O4S2/c1-11-2-7-18(36-11)21(33)19-20(15-6-5-14(27)9-17(15)29)32(23(35)22(19)34)24-30-31-25(38-24)37-10-12-3-4-13(26)8-16(12)28/h2-9,20,34H,10H2,1H3. The first-order valence-corrected chi connectivity index (χ1v) is 14.2. The van der Waals surface area contributed by atoms with Crippen LogP contribution in [0.3, 0.4) is 0 Å². The van der Waals surface area contributed by atoms with Gasteiger partial charge in [0.2, 0.25) is 10.9 Å². The summed E-state index contributed by atoms with van der Waals surface area (Å²) in [6.45, 7) is 1.68. The Morgan fingerprint density at radius 1 is 1.05 bits per heavy atom. The molecule has 194 valence electrons. The fourth-order valence-electron chi connectivity index (χ4n) is 3.88. The van der Waals surface area contributed by atoms with E-state index in [1.165, 1.54) is 28.8 Å². The minimum Gasteiger partial charge on any atom is -0.503 e. The van der Waals surface area contributed by atoms with Crippen LogP contribution in [0.25, 0.3) is 0 Å². The van der Waals surface area contributed by atoms with Gasteiger partial charge in [0, 0.05) is 25.8 Å². The van der Waals surface area contributed by atoms with Crippen molar-refractivity contribution in [2.45, 2.75) is 23.1 Å². The molecule has 1 atom stereocenters. The lowest BCUT2D eigenvalue weighted by Crippen LogP contribution is -2.31. The number of aliphatic hydroxyl groups is 1. The number of Topliss-reactive ketones (excluding diaryl/α,β-unsaturated/α-hetero) is 1. The van der Waals surface area contributed by atoms with Crippen molar-refractivity contribution < 1.29 is 19.1 Å². The molecule has 1 aliphatic heterocycles. The van der Waals surface area contributed by atoms with Gasteiger partial charge in [0.25, 0.3) is 5.91 Å². The molecule has 2 aromatic heterocycles. The molecule has 1 N–H and O–H groups in total. The molecule has 0 radical (unpaired) electrons. The minimum absolute atomic E-state index is 0.0258. The quantitative estimate of drug-likeness (QED) is 0.126. The Morgan fingerprint density at radius 3 is 2.42 bits per heavy atom. The highest BCUT2D eigenvalue weighted by molar-refractivity contribution is 8.00. The number of hydrogen-bond donors (Lipinski definition) is 1. The van der Waals surface area contributed by atoms with Gasteiger partial charge in [-0.15, -0.1) is 10.2 Å². The Bertz CT molecular complexity index is 1620. The number of thioether (sulfide) groups is 1. The molecule has 0 fully saturated rings. The number of furan rings is 1. The summed E-state index contributed by atoms with van der Waals surface area (Å²) in [6, 6.07) is 11.9. The van der Waals surface area contributed by atoms with Crippen molar-refractivity contribution in [1.82, 2.24) is 10.2 Å². The van der Waals surface area contributed by atoms with E-state index in [1.807, 2.05) is 6.07 Å². The van der Waals surface area contributed by atoms with Crippen molar-refractivity contribution >= 4 is 86.3 Å². The van der Waals surface area contributed by atoms with Gasteiger partial charge < -0.3 is 9.52 Å². The highest BCUT2D eigenvalue weighted by atomic mass is 35.5. The lowest BCUT2D eigenvalue weighted by atomic mass is 9.95. The van der Waals surface area contributed by atoms with Crippen LogP contribution in [0.5, 0.6) is 0 Å². The third-order valence-corrected chi connectivity index (χ3v) is 8.90. The highest BCUT2D eigenvalue weighted by Gasteiger charge is 2.47. The molecule has 1 unspecified atom stereocenters. The first-order chi connectivity index (χ1) is 18.1. The summed E-state index contributed by atoms with van der Waals surface area (Å²) in [5, 5.41) is 21.1. The second-order valence-electron chi connectivity index (χ2n) is 8.12. The van der Waals surface area contributed by atoms with Crippen LogP contribution in [0.2, 0.25) is 20.1 Å². The summed E-state index contributed by atoms with van der Waals surface area (Å²) in [7, 11) is 0. The van der Waals surface area contributed by atoms with Crippen molar-refractivity contribution in [3.8, 4) is 0 Å². The van der Waals surface area contributed by atoms with Crippen molar-refractivity contribution in [3.63, 3.8) is 0 Å². The van der Waals surface area contributed by atoms with Gasteiger partial charge in [-0.05, 0) is 54.4 Å². The molecule has 3 heterocycles. The lowest BCUT2D eigenvalue weighted by molar-refractivity contribution is -0.117. The lowest BCUT2D eigenvalue weighted by Gasteiger charge is -2.24. The molecule has 4 aromatic rings. The maximum atomic E-state index is 13.5. The maximum absolute atomic E-state index is 13.5. The smallest absolute Gasteiger partial charge is 0.296 e.